The molecule has 22 heavy (non-hydrogen) atoms. The zero-order chi connectivity index (χ0) is 15.4. The zero-order valence-corrected chi connectivity index (χ0v) is 13.3. The van der Waals surface area contributed by atoms with Gasteiger partial charge in [0.1, 0.15) is 0 Å². The summed E-state index contributed by atoms with van der Waals surface area (Å²) in [6.45, 7) is 2.06. The van der Waals surface area contributed by atoms with Gasteiger partial charge in [-0.2, -0.15) is 0 Å². The number of nitrogens with zero attached hydrogens (tertiary/aromatic N) is 2. The second-order valence-electron chi connectivity index (χ2n) is 5.73. The maximum Gasteiger partial charge on any atom is 0.209 e. The average molecular weight is 321 g/mol. The molecule has 0 amide bonds. The molecule has 1 aliphatic rings. The van der Waals surface area contributed by atoms with Crippen molar-refractivity contribution in [1.29, 1.82) is 0 Å². The molecule has 1 N–H and O–H groups in total. The fraction of sp³-hybridized carbons (Fsp3) is 0.471. The molecule has 0 aliphatic carbocycles. The second-order valence-corrected chi connectivity index (χ2v) is 6.14. The Morgan fingerprint density at radius 3 is 3.05 bits per heavy atom. The van der Waals surface area contributed by atoms with E-state index in [2.05, 4.69) is 9.88 Å². The van der Waals surface area contributed by atoms with Crippen molar-refractivity contribution < 1.29 is 9.52 Å². The van der Waals surface area contributed by atoms with E-state index in [0.29, 0.717) is 16.8 Å². The third kappa shape index (κ3) is 3.51. The van der Waals surface area contributed by atoms with Crippen molar-refractivity contribution in [3.63, 3.8) is 0 Å². The fourth-order valence-corrected chi connectivity index (χ4v) is 3.33. The number of benzene rings is 1. The summed E-state index contributed by atoms with van der Waals surface area (Å²) in [5, 5.41) is 9.67. The number of rotatable bonds is 6. The number of aromatic nitrogens is 1. The van der Waals surface area contributed by atoms with Crippen molar-refractivity contribution in [2.45, 2.75) is 38.3 Å². The Labute approximate surface area is 135 Å². The van der Waals surface area contributed by atoms with Gasteiger partial charge in [0.05, 0.1) is 17.8 Å². The van der Waals surface area contributed by atoms with Crippen LogP contribution >= 0.6 is 11.6 Å². The number of hydrogen-bond acceptors (Lipinski definition) is 4. The van der Waals surface area contributed by atoms with Crippen LogP contribution in [0.5, 0.6) is 0 Å². The molecule has 1 aromatic carbocycles. The standard InChI is InChI=1S/C17H21ClN2O2/c18-15-8-2-1-7-14(15)16-11-19-17(22-16)12-20-9-3-5-13(20)6-4-10-21/h1-2,7-8,11,13,21H,3-6,9-10,12H2. The van der Waals surface area contributed by atoms with Crippen LogP contribution in [0.25, 0.3) is 11.3 Å². The SMILES string of the molecule is OCCCC1CCCN1Cc1ncc(-c2ccccc2Cl)o1. The number of oxazole rings is 1. The Hall–Kier alpha value is -1.36. The van der Waals surface area contributed by atoms with E-state index in [0.717, 1.165) is 37.4 Å². The number of halogens is 1. The molecular weight excluding hydrogens is 300 g/mol. The minimum Gasteiger partial charge on any atom is -0.439 e. The summed E-state index contributed by atoms with van der Waals surface area (Å²) in [5.74, 6) is 1.44. The Morgan fingerprint density at radius 1 is 1.36 bits per heavy atom. The highest BCUT2D eigenvalue weighted by Gasteiger charge is 2.25. The third-order valence-corrected chi connectivity index (χ3v) is 4.56. The van der Waals surface area contributed by atoms with E-state index in [1.807, 2.05) is 24.3 Å². The van der Waals surface area contributed by atoms with Gasteiger partial charge in [0, 0.05) is 18.2 Å². The van der Waals surface area contributed by atoms with Gasteiger partial charge >= 0.3 is 0 Å². The highest BCUT2D eigenvalue weighted by atomic mass is 35.5. The first-order valence-corrected chi connectivity index (χ1v) is 8.20. The van der Waals surface area contributed by atoms with Gasteiger partial charge in [0.25, 0.3) is 0 Å². The van der Waals surface area contributed by atoms with Gasteiger partial charge in [0.2, 0.25) is 5.89 Å². The van der Waals surface area contributed by atoms with Crippen LogP contribution in [0.1, 0.15) is 31.6 Å². The lowest BCUT2D eigenvalue weighted by atomic mass is 10.1. The lowest BCUT2D eigenvalue weighted by Crippen LogP contribution is -2.29. The highest BCUT2D eigenvalue weighted by Crippen LogP contribution is 2.29. The molecule has 1 atom stereocenters. The Kier molecular flexibility index (Phi) is 5.13. The zero-order valence-electron chi connectivity index (χ0n) is 12.5. The summed E-state index contributed by atoms with van der Waals surface area (Å²) >= 11 is 6.20. The molecule has 2 heterocycles. The largest absolute Gasteiger partial charge is 0.439 e. The van der Waals surface area contributed by atoms with Crippen molar-refractivity contribution >= 4 is 11.6 Å². The molecule has 5 heteroatoms. The van der Waals surface area contributed by atoms with E-state index < -0.39 is 0 Å². The third-order valence-electron chi connectivity index (χ3n) is 4.23. The molecule has 1 aromatic heterocycles. The molecule has 2 aromatic rings. The van der Waals surface area contributed by atoms with E-state index in [1.165, 1.54) is 12.8 Å². The maximum atomic E-state index is 9.00. The van der Waals surface area contributed by atoms with E-state index >= 15 is 0 Å². The first kappa shape index (κ1) is 15.5. The molecule has 3 rings (SSSR count). The van der Waals surface area contributed by atoms with Crippen LogP contribution in [0, 0.1) is 0 Å². The van der Waals surface area contributed by atoms with Crippen molar-refractivity contribution in [1.82, 2.24) is 9.88 Å². The van der Waals surface area contributed by atoms with Crippen LogP contribution in [-0.4, -0.2) is 34.2 Å². The average Bonchev–Trinajstić information content (AvgIpc) is 3.16. The summed E-state index contributed by atoms with van der Waals surface area (Å²) in [4.78, 5) is 6.80. The van der Waals surface area contributed by atoms with Crippen molar-refractivity contribution in [3.8, 4) is 11.3 Å². The van der Waals surface area contributed by atoms with E-state index in [4.69, 9.17) is 21.1 Å². The van der Waals surface area contributed by atoms with Gasteiger partial charge in [-0.25, -0.2) is 4.98 Å². The Bertz CT molecular complexity index is 614. The lowest BCUT2D eigenvalue weighted by molar-refractivity contribution is 0.196. The molecule has 1 saturated heterocycles. The van der Waals surface area contributed by atoms with Gasteiger partial charge in [-0.3, -0.25) is 4.90 Å². The van der Waals surface area contributed by atoms with Crippen LogP contribution in [-0.2, 0) is 6.54 Å². The topological polar surface area (TPSA) is 49.5 Å². The summed E-state index contributed by atoms with van der Waals surface area (Å²) in [6, 6.07) is 8.16. The normalized spacial score (nSPS) is 18.9. The fourth-order valence-electron chi connectivity index (χ4n) is 3.10. The molecule has 4 nitrogen and oxygen atoms in total. The molecule has 1 aliphatic heterocycles. The quantitative estimate of drug-likeness (QED) is 0.881. The van der Waals surface area contributed by atoms with Crippen molar-refractivity contribution in [3.05, 3.63) is 41.4 Å². The first-order chi connectivity index (χ1) is 10.8. The highest BCUT2D eigenvalue weighted by molar-refractivity contribution is 6.33. The van der Waals surface area contributed by atoms with Crippen LogP contribution in [0.15, 0.2) is 34.9 Å². The monoisotopic (exact) mass is 320 g/mol. The van der Waals surface area contributed by atoms with Crippen LogP contribution in [0.3, 0.4) is 0 Å². The van der Waals surface area contributed by atoms with E-state index in [1.54, 1.807) is 6.20 Å². The number of aliphatic hydroxyl groups excluding tert-OH is 1. The number of aliphatic hydroxyl groups is 1. The molecule has 118 valence electrons. The van der Waals surface area contributed by atoms with Gasteiger partial charge in [0.15, 0.2) is 5.76 Å². The summed E-state index contributed by atoms with van der Waals surface area (Å²) < 4.78 is 5.88. The van der Waals surface area contributed by atoms with Crippen LogP contribution in [0.2, 0.25) is 5.02 Å². The van der Waals surface area contributed by atoms with E-state index in [9.17, 15) is 0 Å². The molecule has 0 spiro atoms. The van der Waals surface area contributed by atoms with Gasteiger partial charge in [-0.1, -0.05) is 23.7 Å². The first-order valence-electron chi connectivity index (χ1n) is 7.82. The molecule has 1 fully saturated rings. The van der Waals surface area contributed by atoms with Gasteiger partial charge in [-0.15, -0.1) is 0 Å². The Balaban J connectivity index is 1.68. The smallest absolute Gasteiger partial charge is 0.209 e. The maximum absolute atomic E-state index is 9.00. The number of hydrogen-bond donors (Lipinski definition) is 1. The predicted octanol–water partition coefficient (Wildman–Crippen LogP) is 3.73. The lowest BCUT2D eigenvalue weighted by Gasteiger charge is -2.22. The summed E-state index contributed by atoms with van der Waals surface area (Å²) in [7, 11) is 0. The molecule has 0 bridgehead atoms. The predicted molar refractivity (Wildman–Crippen MR) is 86.7 cm³/mol. The summed E-state index contributed by atoms with van der Waals surface area (Å²) in [5.41, 5.74) is 0.876. The molecule has 1 unspecified atom stereocenters. The summed E-state index contributed by atoms with van der Waals surface area (Å²) in [6.07, 6.45) is 6.04. The second kappa shape index (κ2) is 7.27. The molecule has 0 saturated carbocycles. The number of likely N-dealkylation sites (tertiary alicyclic amines) is 1. The Morgan fingerprint density at radius 2 is 2.23 bits per heavy atom. The van der Waals surface area contributed by atoms with Crippen LogP contribution < -0.4 is 0 Å². The minimum absolute atomic E-state index is 0.264. The van der Waals surface area contributed by atoms with E-state index in [-0.39, 0.29) is 6.61 Å². The molecule has 0 radical (unpaired) electrons. The minimum atomic E-state index is 0.264. The van der Waals surface area contributed by atoms with Crippen molar-refractivity contribution in [2.75, 3.05) is 13.2 Å². The van der Waals surface area contributed by atoms with Gasteiger partial charge < -0.3 is 9.52 Å². The van der Waals surface area contributed by atoms with Crippen LogP contribution in [0.4, 0.5) is 0 Å². The van der Waals surface area contributed by atoms with Gasteiger partial charge in [-0.05, 0) is 44.4 Å². The molecular formula is C17H21ClN2O2. The van der Waals surface area contributed by atoms with Crippen molar-refractivity contribution in [2.24, 2.45) is 0 Å².